The highest BCUT2D eigenvalue weighted by molar-refractivity contribution is 9.11. The summed E-state index contributed by atoms with van der Waals surface area (Å²) in [4.78, 5) is 21.6. The maximum Gasteiger partial charge on any atom is 0.420 e. The van der Waals surface area contributed by atoms with Crippen LogP contribution in [0.3, 0.4) is 0 Å². The molecule has 0 spiro atoms. The van der Waals surface area contributed by atoms with Gasteiger partial charge in [-0.2, -0.15) is 0 Å². The van der Waals surface area contributed by atoms with Gasteiger partial charge in [0, 0.05) is 16.6 Å². The van der Waals surface area contributed by atoms with Gasteiger partial charge in [0.05, 0.1) is 17.0 Å². The molecular formula is C10H7BrN2O4. The molecule has 7 heteroatoms. The minimum absolute atomic E-state index is 0.0905. The molecular weight excluding hydrogens is 292 g/mol. The Morgan fingerprint density at radius 3 is 2.88 bits per heavy atom. The number of oxazole rings is 1. The first kappa shape index (κ1) is 11.6. The Morgan fingerprint density at radius 2 is 2.29 bits per heavy atom. The highest BCUT2D eigenvalue weighted by atomic mass is 79.9. The Kier molecular flexibility index (Phi) is 2.84. The van der Waals surface area contributed by atoms with E-state index in [4.69, 9.17) is 4.42 Å². The molecule has 6 nitrogen and oxygen atoms in total. The van der Waals surface area contributed by atoms with Gasteiger partial charge in [0.15, 0.2) is 5.58 Å². The van der Waals surface area contributed by atoms with Crippen molar-refractivity contribution in [3.8, 4) is 0 Å². The first-order chi connectivity index (χ1) is 7.99. The van der Waals surface area contributed by atoms with E-state index in [9.17, 15) is 14.9 Å². The van der Waals surface area contributed by atoms with Crippen molar-refractivity contribution in [2.75, 3.05) is 0 Å². The Labute approximate surface area is 103 Å². The van der Waals surface area contributed by atoms with Gasteiger partial charge >= 0.3 is 5.76 Å². The summed E-state index contributed by atoms with van der Waals surface area (Å²) in [5.74, 6) is -0.568. The Balaban J connectivity index is 2.69. The van der Waals surface area contributed by atoms with Gasteiger partial charge in [0.1, 0.15) is 0 Å². The number of nitro benzene ring substituents is 1. The summed E-state index contributed by atoms with van der Waals surface area (Å²) in [6.45, 7) is 3.82. The van der Waals surface area contributed by atoms with Crippen LogP contribution >= 0.6 is 15.9 Å². The van der Waals surface area contributed by atoms with Gasteiger partial charge in [-0.3, -0.25) is 14.7 Å². The molecule has 0 aliphatic rings. The minimum Gasteiger partial charge on any atom is -0.408 e. The number of aromatic nitrogens is 1. The number of allylic oxidation sites excluding steroid dienone is 1. The third-order valence-corrected chi connectivity index (χ3v) is 2.44. The third-order valence-electron chi connectivity index (χ3n) is 2.19. The van der Waals surface area contributed by atoms with Crippen LogP contribution in [-0.2, 0) is 6.54 Å². The number of hydrogen-bond acceptors (Lipinski definition) is 4. The highest BCUT2D eigenvalue weighted by Crippen LogP contribution is 2.21. The molecule has 0 bridgehead atoms. The van der Waals surface area contributed by atoms with E-state index >= 15 is 0 Å². The van der Waals surface area contributed by atoms with Gasteiger partial charge < -0.3 is 4.42 Å². The zero-order valence-electron chi connectivity index (χ0n) is 8.55. The molecule has 0 saturated carbocycles. The zero-order chi connectivity index (χ0) is 12.6. The molecule has 1 aromatic heterocycles. The lowest BCUT2D eigenvalue weighted by Gasteiger charge is -1.99. The van der Waals surface area contributed by atoms with E-state index in [1.165, 1.54) is 22.8 Å². The minimum atomic E-state index is -0.568. The monoisotopic (exact) mass is 298 g/mol. The van der Waals surface area contributed by atoms with Gasteiger partial charge in [0.2, 0.25) is 0 Å². The van der Waals surface area contributed by atoms with Crippen molar-refractivity contribution in [2.24, 2.45) is 0 Å². The van der Waals surface area contributed by atoms with E-state index in [0.717, 1.165) is 0 Å². The van der Waals surface area contributed by atoms with Crippen LogP contribution in [0, 0.1) is 10.1 Å². The lowest BCUT2D eigenvalue weighted by Crippen LogP contribution is -2.13. The highest BCUT2D eigenvalue weighted by Gasteiger charge is 2.14. The molecule has 17 heavy (non-hydrogen) atoms. The molecule has 0 N–H and O–H groups in total. The van der Waals surface area contributed by atoms with E-state index in [2.05, 4.69) is 22.5 Å². The second-order valence-corrected chi connectivity index (χ2v) is 4.50. The molecule has 0 fully saturated rings. The predicted molar refractivity (Wildman–Crippen MR) is 65.2 cm³/mol. The largest absolute Gasteiger partial charge is 0.420 e. The van der Waals surface area contributed by atoms with Crippen molar-refractivity contribution >= 4 is 32.7 Å². The second kappa shape index (κ2) is 4.17. The molecule has 88 valence electrons. The summed E-state index contributed by atoms with van der Waals surface area (Å²) in [6.07, 6.45) is 0. The van der Waals surface area contributed by atoms with Gasteiger partial charge in [0.25, 0.3) is 5.69 Å². The summed E-state index contributed by atoms with van der Waals surface area (Å²) in [6, 6.07) is 4.00. The van der Waals surface area contributed by atoms with Crippen LogP contribution in [0.4, 0.5) is 5.69 Å². The summed E-state index contributed by atoms with van der Waals surface area (Å²) in [5, 5.41) is 10.6. The lowest BCUT2D eigenvalue weighted by molar-refractivity contribution is -0.384. The summed E-state index contributed by atoms with van der Waals surface area (Å²) >= 11 is 3.13. The number of rotatable bonds is 3. The van der Waals surface area contributed by atoms with Crippen molar-refractivity contribution in [1.29, 1.82) is 0 Å². The van der Waals surface area contributed by atoms with Crippen LogP contribution in [0.15, 0.2) is 38.5 Å². The molecule has 0 radical (unpaired) electrons. The number of benzene rings is 1. The Morgan fingerprint density at radius 1 is 1.59 bits per heavy atom. The molecule has 0 aliphatic carbocycles. The molecule has 2 aromatic rings. The molecule has 1 heterocycles. The van der Waals surface area contributed by atoms with E-state index in [1.54, 1.807) is 0 Å². The van der Waals surface area contributed by atoms with Crippen molar-refractivity contribution in [3.05, 3.63) is 49.9 Å². The summed E-state index contributed by atoms with van der Waals surface area (Å²) in [5.41, 5.74) is 0.603. The summed E-state index contributed by atoms with van der Waals surface area (Å²) < 4.78 is 6.81. The average molecular weight is 299 g/mol. The quantitative estimate of drug-likeness (QED) is 0.644. The van der Waals surface area contributed by atoms with E-state index in [0.29, 0.717) is 15.6 Å². The van der Waals surface area contributed by atoms with E-state index < -0.39 is 10.7 Å². The van der Waals surface area contributed by atoms with Crippen LogP contribution < -0.4 is 5.76 Å². The smallest absolute Gasteiger partial charge is 0.408 e. The van der Waals surface area contributed by atoms with Crippen LogP contribution in [0.2, 0.25) is 0 Å². The van der Waals surface area contributed by atoms with Crippen LogP contribution in [0.1, 0.15) is 0 Å². The van der Waals surface area contributed by atoms with Crippen molar-refractivity contribution in [2.45, 2.75) is 6.54 Å². The molecule has 0 atom stereocenters. The number of halogens is 1. The molecule has 2 rings (SSSR count). The van der Waals surface area contributed by atoms with Crippen molar-refractivity contribution < 1.29 is 9.34 Å². The fraction of sp³-hybridized carbons (Fsp3) is 0.100. The topological polar surface area (TPSA) is 78.3 Å². The fourth-order valence-electron chi connectivity index (χ4n) is 1.49. The third kappa shape index (κ3) is 2.14. The number of fused-ring (bicyclic) bond motifs is 1. The standard InChI is InChI=1S/C10H7BrN2O4/c1-6(11)5-12-8-4-7(13(15)16)2-3-9(8)17-10(12)14/h2-4H,1,5H2. The van der Waals surface area contributed by atoms with E-state index in [1.807, 2.05) is 0 Å². The molecule has 0 saturated heterocycles. The molecule has 0 unspecified atom stereocenters. The van der Waals surface area contributed by atoms with Crippen LogP contribution in [0.25, 0.3) is 11.1 Å². The number of nitro groups is 1. The van der Waals surface area contributed by atoms with Crippen molar-refractivity contribution in [3.63, 3.8) is 0 Å². The first-order valence-electron chi connectivity index (χ1n) is 4.60. The maximum atomic E-state index is 11.5. The van der Waals surface area contributed by atoms with Crippen LogP contribution in [-0.4, -0.2) is 9.49 Å². The molecule has 0 aliphatic heterocycles. The molecule has 0 amide bonds. The number of hydrogen-bond donors (Lipinski definition) is 0. The first-order valence-corrected chi connectivity index (χ1v) is 5.39. The fourth-order valence-corrected chi connectivity index (χ4v) is 1.74. The van der Waals surface area contributed by atoms with Gasteiger partial charge in [-0.05, 0) is 6.07 Å². The SMILES string of the molecule is C=C(Br)Cn1c(=O)oc2ccc([N+](=O)[O-])cc21. The summed E-state index contributed by atoms with van der Waals surface area (Å²) in [7, 11) is 0. The predicted octanol–water partition coefficient (Wildman–Crippen LogP) is 2.41. The zero-order valence-corrected chi connectivity index (χ0v) is 10.1. The second-order valence-electron chi connectivity index (χ2n) is 3.38. The number of nitrogens with zero attached hydrogens (tertiary/aromatic N) is 2. The number of non-ortho nitro benzene ring substituents is 1. The molecule has 1 aromatic carbocycles. The maximum absolute atomic E-state index is 11.5. The van der Waals surface area contributed by atoms with Crippen LogP contribution in [0.5, 0.6) is 0 Å². The average Bonchev–Trinajstić information content (AvgIpc) is 2.54. The van der Waals surface area contributed by atoms with Gasteiger partial charge in [-0.25, -0.2) is 4.79 Å². The van der Waals surface area contributed by atoms with E-state index in [-0.39, 0.29) is 12.2 Å². The Hall–Kier alpha value is -1.89. The Bertz CT molecular complexity index is 670. The van der Waals surface area contributed by atoms with Gasteiger partial charge in [-0.1, -0.05) is 22.5 Å². The van der Waals surface area contributed by atoms with Gasteiger partial charge in [-0.15, -0.1) is 0 Å². The van der Waals surface area contributed by atoms with Crippen molar-refractivity contribution in [1.82, 2.24) is 4.57 Å². The normalized spacial score (nSPS) is 10.6. The lowest BCUT2D eigenvalue weighted by atomic mass is 10.3.